The van der Waals surface area contributed by atoms with Crippen molar-refractivity contribution in [1.82, 2.24) is 0 Å². The second-order valence-corrected chi connectivity index (χ2v) is 4.18. The summed E-state index contributed by atoms with van der Waals surface area (Å²) in [4.78, 5) is 22.7. The lowest BCUT2D eigenvalue weighted by Gasteiger charge is -2.19. The molecular weight excluding hydrogens is 208 g/mol. The van der Waals surface area contributed by atoms with Gasteiger partial charge in [-0.1, -0.05) is 18.7 Å². The van der Waals surface area contributed by atoms with Crippen molar-refractivity contribution < 1.29 is 19.1 Å². The number of esters is 2. The van der Waals surface area contributed by atoms with Crippen LogP contribution in [0.15, 0.2) is 24.3 Å². The largest absolute Gasteiger partial charge is 0.466 e. The summed E-state index contributed by atoms with van der Waals surface area (Å²) >= 11 is 0. The van der Waals surface area contributed by atoms with Crippen LogP contribution >= 0.6 is 0 Å². The SMILES string of the molecule is C=C/C=C(/CC(=O)OC(C)(C)C)C(=O)OC. The third-order valence-electron chi connectivity index (χ3n) is 1.52. The molecule has 0 aromatic carbocycles. The Bertz CT molecular complexity index is 307. The maximum Gasteiger partial charge on any atom is 0.334 e. The lowest BCUT2D eigenvalue weighted by Crippen LogP contribution is -2.24. The van der Waals surface area contributed by atoms with E-state index >= 15 is 0 Å². The molecule has 4 nitrogen and oxygen atoms in total. The van der Waals surface area contributed by atoms with Crippen LogP contribution in [0.1, 0.15) is 27.2 Å². The fraction of sp³-hybridized carbons (Fsp3) is 0.500. The van der Waals surface area contributed by atoms with Crippen LogP contribution in [0.4, 0.5) is 0 Å². The molecule has 4 heteroatoms. The Morgan fingerprint density at radius 2 is 1.88 bits per heavy atom. The molecule has 0 saturated heterocycles. The van der Waals surface area contributed by atoms with Crippen molar-refractivity contribution in [2.45, 2.75) is 32.8 Å². The molecule has 0 radical (unpaired) electrons. The van der Waals surface area contributed by atoms with E-state index < -0.39 is 17.5 Å². The second-order valence-electron chi connectivity index (χ2n) is 4.18. The number of hydrogen-bond acceptors (Lipinski definition) is 4. The smallest absolute Gasteiger partial charge is 0.334 e. The molecule has 0 saturated carbocycles. The van der Waals surface area contributed by atoms with Crippen LogP contribution in [0.25, 0.3) is 0 Å². The molecule has 0 amide bonds. The van der Waals surface area contributed by atoms with Gasteiger partial charge in [-0.05, 0) is 20.8 Å². The van der Waals surface area contributed by atoms with E-state index in [1.54, 1.807) is 20.8 Å². The molecule has 0 aliphatic carbocycles. The van der Waals surface area contributed by atoms with Crippen LogP contribution in [0, 0.1) is 0 Å². The monoisotopic (exact) mass is 226 g/mol. The zero-order valence-corrected chi connectivity index (χ0v) is 10.2. The minimum Gasteiger partial charge on any atom is -0.466 e. The molecule has 0 heterocycles. The lowest BCUT2D eigenvalue weighted by molar-refractivity contribution is -0.155. The van der Waals surface area contributed by atoms with Gasteiger partial charge in [-0.2, -0.15) is 0 Å². The Labute approximate surface area is 95.9 Å². The van der Waals surface area contributed by atoms with E-state index in [1.807, 2.05) is 0 Å². The molecule has 0 rings (SSSR count). The summed E-state index contributed by atoms with van der Waals surface area (Å²) in [7, 11) is 1.26. The molecule has 0 fully saturated rings. The lowest BCUT2D eigenvalue weighted by atomic mass is 10.1. The Hall–Kier alpha value is -1.58. The van der Waals surface area contributed by atoms with E-state index in [9.17, 15) is 9.59 Å². The quantitative estimate of drug-likeness (QED) is 0.418. The van der Waals surface area contributed by atoms with Crippen molar-refractivity contribution in [3.8, 4) is 0 Å². The van der Waals surface area contributed by atoms with Crippen LogP contribution in [-0.2, 0) is 19.1 Å². The number of ether oxygens (including phenoxy) is 2. The number of allylic oxidation sites excluding steroid dienone is 2. The van der Waals surface area contributed by atoms with Crippen LogP contribution in [0.5, 0.6) is 0 Å². The molecule has 0 bridgehead atoms. The first-order chi connectivity index (χ1) is 7.30. The summed E-state index contributed by atoms with van der Waals surface area (Å²) in [5, 5.41) is 0. The fourth-order valence-electron chi connectivity index (χ4n) is 1.01. The fourth-order valence-corrected chi connectivity index (χ4v) is 1.01. The van der Waals surface area contributed by atoms with Gasteiger partial charge in [0.25, 0.3) is 0 Å². The van der Waals surface area contributed by atoms with E-state index in [4.69, 9.17) is 4.74 Å². The predicted molar refractivity (Wildman–Crippen MR) is 60.8 cm³/mol. The van der Waals surface area contributed by atoms with Crippen LogP contribution < -0.4 is 0 Å². The van der Waals surface area contributed by atoms with Crippen LogP contribution in [0.2, 0.25) is 0 Å². The van der Waals surface area contributed by atoms with Crippen molar-refractivity contribution in [3.63, 3.8) is 0 Å². The number of methoxy groups -OCH3 is 1. The third-order valence-corrected chi connectivity index (χ3v) is 1.52. The summed E-state index contributed by atoms with van der Waals surface area (Å²) < 4.78 is 9.62. The summed E-state index contributed by atoms with van der Waals surface area (Å²) in [5.41, 5.74) is -0.335. The van der Waals surface area contributed by atoms with Gasteiger partial charge in [-0.25, -0.2) is 4.79 Å². The van der Waals surface area contributed by atoms with Gasteiger partial charge >= 0.3 is 11.9 Å². The number of rotatable bonds is 4. The molecule has 0 unspecified atom stereocenters. The Morgan fingerprint density at radius 3 is 2.25 bits per heavy atom. The van der Waals surface area contributed by atoms with Crippen molar-refractivity contribution in [1.29, 1.82) is 0 Å². The molecule has 0 aromatic rings. The molecule has 0 atom stereocenters. The summed E-state index contributed by atoms with van der Waals surface area (Å²) in [6.07, 6.45) is 2.75. The maximum atomic E-state index is 11.5. The first-order valence-corrected chi connectivity index (χ1v) is 4.92. The van der Waals surface area contributed by atoms with Gasteiger partial charge in [-0.15, -0.1) is 0 Å². The first kappa shape index (κ1) is 14.4. The molecular formula is C12H18O4. The van der Waals surface area contributed by atoms with Crippen molar-refractivity contribution >= 4 is 11.9 Å². The third kappa shape index (κ3) is 6.01. The highest BCUT2D eigenvalue weighted by molar-refractivity contribution is 5.94. The Morgan fingerprint density at radius 1 is 1.31 bits per heavy atom. The van der Waals surface area contributed by atoms with Crippen LogP contribution in [-0.4, -0.2) is 24.6 Å². The topological polar surface area (TPSA) is 52.6 Å². The van der Waals surface area contributed by atoms with Gasteiger partial charge in [0, 0.05) is 5.57 Å². The number of carbonyl (C=O) groups excluding carboxylic acids is 2. The zero-order chi connectivity index (χ0) is 12.8. The summed E-state index contributed by atoms with van der Waals surface area (Å²) in [5.74, 6) is -1.02. The number of carbonyl (C=O) groups is 2. The highest BCUT2D eigenvalue weighted by atomic mass is 16.6. The number of hydrogen-bond donors (Lipinski definition) is 0. The minimum absolute atomic E-state index is 0.115. The highest BCUT2D eigenvalue weighted by Gasteiger charge is 2.20. The summed E-state index contributed by atoms with van der Waals surface area (Å²) in [6, 6.07) is 0. The second kappa shape index (κ2) is 6.10. The van der Waals surface area contributed by atoms with E-state index in [0.29, 0.717) is 0 Å². The van der Waals surface area contributed by atoms with Crippen LogP contribution in [0.3, 0.4) is 0 Å². The normalized spacial score (nSPS) is 11.9. The molecule has 0 aliphatic heterocycles. The average molecular weight is 226 g/mol. The maximum absolute atomic E-state index is 11.5. The Kier molecular flexibility index (Phi) is 5.50. The molecule has 0 aromatic heterocycles. The van der Waals surface area contributed by atoms with Gasteiger partial charge in [0.15, 0.2) is 0 Å². The predicted octanol–water partition coefficient (Wildman–Crippen LogP) is 2.00. The van der Waals surface area contributed by atoms with Gasteiger partial charge in [0.2, 0.25) is 0 Å². The molecule has 0 aliphatic rings. The highest BCUT2D eigenvalue weighted by Crippen LogP contribution is 2.12. The summed E-state index contributed by atoms with van der Waals surface area (Å²) in [6.45, 7) is 8.75. The zero-order valence-electron chi connectivity index (χ0n) is 10.2. The minimum atomic E-state index is -0.563. The van der Waals surface area contributed by atoms with Crippen molar-refractivity contribution in [3.05, 3.63) is 24.3 Å². The average Bonchev–Trinajstić information content (AvgIpc) is 2.13. The van der Waals surface area contributed by atoms with Gasteiger partial charge in [0.1, 0.15) is 5.60 Å². The van der Waals surface area contributed by atoms with Crippen molar-refractivity contribution in [2.24, 2.45) is 0 Å². The van der Waals surface area contributed by atoms with Crippen molar-refractivity contribution in [2.75, 3.05) is 7.11 Å². The standard InChI is InChI=1S/C12H18O4/c1-6-7-9(11(14)15-5)8-10(13)16-12(2,3)4/h6-7H,1,8H2,2-5H3/b9-7-. The van der Waals surface area contributed by atoms with E-state index in [0.717, 1.165) is 0 Å². The molecule has 0 spiro atoms. The van der Waals surface area contributed by atoms with E-state index in [-0.39, 0.29) is 12.0 Å². The van der Waals surface area contributed by atoms with E-state index in [2.05, 4.69) is 11.3 Å². The Balaban J connectivity index is 4.54. The molecule has 0 N–H and O–H groups in total. The van der Waals surface area contributed by atoms with E-state index in [1.165, 1.54) is 19.3 Å². The first-order valence-electron chi connectivity index (χ1n) is 4.92. The molecule has 16 heavy (non-hydrogen) atoms. The van der Waals surface area contributed by atoms with Gasteiger partial charge in [-0.3, -0.25) is 4.79 Å². The van der Waals surface area contributed by atoms with Gasteiger partial charge < -0.3 is 9.47 Å². The molecule has 90 valence electrons. The van der Waals surface area contributed by atoms with Gasteiger partial charge in [0.05, 0.1) is 13.5 Å².